The number of hydrogen-bond acceptors (Lipinski definition) is 3. The van der Waals surface area contributed by atoms with E-state index in [-0.39, 0.29) is 5.82 Å². The van der Waals surface area contributed by atoms with E-state index in [4.69, 9.17) is 9.47 Å². The van der Waals surface area contributed by atoms with Gasteiger partial charge in [-0.3, -0.25) is 0 Å². The Morgan fingerprint density at radius 2 is 2.04 bits per heavy atom. The molecule has 1 aromatic carbocycles. The number of H-pyrrole nitrogens is 1. The van der Waals surface area contributed by atoms with Crippen molar-refractivity contribution in [1.29, 1.82) is 0 Å². The van der Waals surface area contributed by atoms with Crippen LogP contribution in [-0.2, 0) is 6.42 Å². The van der Waals surface area contributed by atoms with E-state index in [0.717, 1.165) is 28.9 Å². The van der Waals surface area contributed by atoms with Crippen LogP contribution in [0.4, 0.5) is 4.39 Å². The lowest BCUT2D eigenvalue weighted by Gasteiger charge is -2.14. The van der Waals surface area contributed by atoms with Gasteiger partial charge in [0.25, 0.3) is 0 Å². The molecule has 4 rings (SSSR count). The number of aromatic nitrogens is 2. The fourth-order valence-corrected chi connectivity index (χ4v) is 4.20. The van der Waals surface area contributed by atoms with Crippen LogP contribution in [0, 0.1) is 11.7 Å². The second-order valence-corrected chi connectivity index (χ2v) is 7.63. The smallest absolute Gasteiger partial charge is 0.164 e. The van der Waals surface area contributed by atoms with Crippen molar-refractivity contribution >= 4 is 11.0 Å². The second kappa shape index (κ2) is 8.63. The molecule has 0 saturated heterocycles. The molecule has 0 amide bonds. The van der Waals surface area contributed by atoms with Gasteiger partial charge in [-0.15, -0.1) is 0 Å². The van der Waals surface area contributed by atoms with Crippen LogP contribution in [0.25, 0.3) is 11.0 Å². The second-order valence-electron chi connectivity index (χ2n) is 7.63. The predicted octanol–water partition coefficient (Wildman–Crippen LogP) is 5.65. The molecule has 3 aromatic rings. The van der Waals surface area contributed by atoms with Crippen LogP contribution < -0.4 is 9.47 Å². The standard InChI is InChI=1S/C23H27FN2O2/c1-27-21-13-17(12-18-15-26-23-19(18)9-4-10-25-23)20(24)14-22(21)28-11-5-8-16-6-2-3-7-16/h4,9-10,13-16H,2-3,5-8,11-12H2,1H3,(H,25,26). The zero-order valence-electron chi connectivity index (χ0n) is 16.3. The van der Waals surface area contributed by atoms with E-state index < -0.39 is 0 Å². The fourth-order valence-electron chi connectivity index (χ4n) is 4.20. The van der Waals surface area contributed by atoms with E-state index in [1.807, 2.05) is 18.3 Å². The number of rotatable bonds is 8. The van der Waals surface area contributed by atoms with Gasteiger partial charge in [0.2, 0.25) is 0 Å². The number of ether oxygens (including phenoxy) is 2. The minimum atomic E-state index is -0.273. The van der Waals surface area contributed by atoms with Crippen molar-refractivity contribution in [2.45, 2.75) is 44.9 Å². The number of nitrogens with zero attached hydrogens (tertiary/aromatic N) is 1. The Morgan fingerprint density at radius 1 is 1.18 bits per heavy atom. The van der Waals surface area contributed by atoms with Gasteiger partial charge in [-0.2, -0.15) is 0 Å². The molecular formula is C23H27FN2O2. The van der Waals surface area contributed by atoms with Crippen molar-refractivity contribution < 1.29 is 13.9 Å². The third kappa shape index (κ3) is 4.13. The fraction of sp³-hybridized carbons (Fsp3) is 0.435. The first-order valence-electron chi connectivity index (χ1n) is 10.1. The molecule has 0 atom stereocenters. The summed E-state index contributed by atoms with van der Waals surface area (Å²) >= 11 is 0. The van der Waals surface area contributed by atoms with Crippen LogP contribution in [0.3, 0.4) is 0 Å². The van der Waals surface area contributed by atoms with Crippen molar-refractivity contribution in [3.8, 4) is 11.5 Å². The Hall–Kier alpha value is -2.56. The largest absolute Gasteiger partial charge is 0.493 e. The molecule has 1 aliphatic carbocycles. The van der Waals surface area contributed by atoms with Gasteiger partial charge in [-0.05, 0) is 48.1 Å². The third-order valence-electron chi connectivity index (χ3n) is 5.74. The van der Waals surface area contributed by atoms with Gasteiger partial charge in [0, 0.05) is 30.3 Å². The number of hydrogen-bond donors (Lipinski definition) is 1. The molecule has 0 bridgehead atoms. The van der Waals surface area contributed by atoms with Crippen molar-refractivity contribution in [3.05, 3.63) is 53.6 Å². The normalized spacial score (nSPS) is 14.6. The molecule has 1 N–H and O–H groups in total. The minimum Gasteiger partial charge on any atom is -0.493 e. The molecule has 1 saturated carbocycles. The molecule has 1 fully saturated rings. The highest BCUT2D eigenvalue weighted by Gasteiger charge is 2.16. The van der Waals surface area contributed by atoms with E-state index in [1.165, 1.54) is 38.2 Å². The number of fused-ring (bicyclic) bond motifs is 1. The molecule has 2 heterocycles. The summed E-state index contributed by atoms with van der Waals surface area (Å²) in [4.78, 5) is 7.43. The van der Waals surface area contributed by atoms with Crippen LogP contribution in [-0.4, -0.2) is 23.7 Å². The number of halogens is 1. The molecule has 0 aliphatic heterocycles. The molecule has 4 nitrogen and oxygen atoms in total. The van der Waals surface area contributed by atoms with Crippen LogP contribution in [0.5, 0.6) is 11.5 Å². The van der Waals surface area contributed by atoms with Crippen molar-refractivity contribution in [2.75, 3.05) is 13.7 Å². The summed E-state index contributed by atoms with van der Waals surface area (Å²) in [6.07, 6.45) is 11.7. The number of benzene rings is 1. The molecule has 0 radical (unpaired) electrons. The van der Waals surface area contributed by atoms with E-state index in [1.54, 1.807) is 19.4 Å². The first kappa shape index (κ1) is 18.8. The lowest BCUT2D eigenvalue weighted by Crippen LogP contribution is -2.04. The molecular weight excluding hydrogens is 355 g/mol. The molecule has 148 valence electrons. The topological polar surface area (TPSA) is 47.1 Å². The molecule has 0 spiro atoms. The summed E-state index contributed by atoms with van der Waals surface area (Å²) in [5, 5.41) is 1.01. The van der Waals surface area contributed by atoms with Gasteiger partial charge in [-0.1, -0.05) is 25.7 Å². The maximum absolute atomic E-state index is 14.8. The van der Waals surface area contributed by atoms with E-state index >= 15 is 0 Å². The van der Waals surface area contributed by atoms with Gasteiger partial charge in [0.05, 0.1) is 13.7 Å². The van der Waals surface area contributed by atoms with Crippen LogP contribution in [0.2, 0.25) is 0 Å². The highest BCUT2D eigenvalue weighted by Crippen LogP contribution is 2.33. The quantitative estimate of drug-likeness (QED) is 0.512. The predicted molar refractivity (Wildman–Crippen MR) is 109 cm³/mol. The summed E-state index contributed by atoms with van der Waals surface area (Å²) in [5.74, 6) is 1.63. The van der Waals surface area contributed by atoms with Crippen molar-refractivity contribution in [3.63, 3.8) is 0 Å². The average molecular weight is 382 g/mol. The Labute approximate surface area is 165 Å². The van der Waals surface area contributed by atoms with Crippen LogP contribution >= 0.6 is 0 Å². The van der Waals surface area contributed by atoms with E-state index in [0.29, 0.717) is 30.1 Å². The lowest BCUT2D eigenvalue weighted by atomic mass is 10.0. The lowest BCUT2D eigenvalue weighted by molar-refractivity contribution is 0.274. The summed E-state index contributed by atoms with van der Waals surface area (Å²) in [6.45, 7) is 0.597. The Kier molecular flexibility index (Phi) is 5.79. The molecule has 0 unspecified atom stereocenters. The van der Waals surface area contributed by atoms with Gasteiger partial charge >= 0.3 is 0 Å². The number of methoxy groups -OCH3 is 1. The molecule has 5 heteroatoms. The van der Waals surface area contributed by atoms with Gasteiger partial charge in [0.15, 0.2) is 11.5 Å². The van der Waals surface area contributed by atoms with Crippen molar-refractivity contribution in [2.24, 2.45) is 5.92 Å². The average Bonchev–Trinajstić information content (AvgIpc) is 3.37. The first-order valence-corrected chi connectivity index (χ1v) is 10.1. The monoisotopic (exact) mass is 382 g/mol. The summed E-state index contributed by atoms with van der Waals surface area (Å²) in [5.41, 5.74) is 2.40. The number of pyridine rings is 1. The Morgan fingerprint density at radius 3 is 2.86 bits per heavy atom. The molecule has 1 aliphatic rings. The third-order valence-corrected chi connectivity index (χ3v) is 5.74. The molecule has 28 heavy (non-hydrogen) atoms. The maximum atomic E-state index is 14.8. The Bertz CT molecular complexity index is 931. The van der Waals surface area contributed by atoms with Crippen LogP contribution in [0.1, 0.15) is 49.7 Å². The van der Waals surface area contributed by atoms with Gasteiger partial charge in [-0.25, -0.2) is 9.37 Å². The number of nitrogens with one attached hydrogen (secondary N) is 1. The zero-order valence-corrected chi connectivity index (χ0v) is 16.3. The van der Waals surface area contributed by atoms with Crippen molar-refractivity contribution in [1.82, 2.24) is 9.97 Å². The zero-order chi connectivity index (χ0) is 19.3. The molecule has 2 aromatic heterocycles. The van der Waals surface area contributed by atoms with E-state index in [9.17, 15) is 4.39 Å². The number of aromatic amines is 1. The SMILES string of the molecule is COc1cc(Cc2c[nH]c3ncccc23)c(F)cc1OCCCC1CCCC1. The first-order chi connectivity index (χ1) is 13.7. The Balaban J connectivity index is 1.44. The minimum absolute atomic E-state index is 0.273. The van der Waals surface area contributed by atoms with Gasteiger partial charge in [0.1, 0.15) is 11.5 Å². The highest BCUT2D eigenvalue weighted by molar-refractivity contribution is 5.79. The highest BCUT2D eigenvalue weighted by atomic mass is 19.1. The summed E-state index contributed by atoms with van der Waals surface area (Å²) in [7, 11) is 1.60. The maximum Gasteiger partial charge on any atom is 0.164 e. The summed E-state index contributed by atoms with van der Waals surface area (Å²) < 4.78 is 26.1. The van der Waals surface area contributed by atoms with Gasteiger partial charge < -0.3 is 14.5 Å². The van der Waals surface area contributed by atoms with Crippen LogP contribution in [0.15, 0.2) is 36.7 Å². The summed E-state index contributed by atoms with van der Waals surface area (Å²) in [6, 6.07) is 7.08. The van der Waals surface area contributed by atoms with E-state index in [2.05, 4.69) is 9.97 Å².